The van der Waals surface area contributed by atoms with E-state index in [0.717, 1.165) is 44.8 Å². The van der Waals surface area contributed by atoms with Crippen molar-refractivity contribution >= 4 is 103 Å². The summed E-state index contributed by atoms with van der Waals surface area (Å²) in [4.78, 5) is 177. The molecule has 1 aliphatic heterocycles. The Labute approximate surface area is 686 Å². The predicted octanol–water partition coefficient (Wildman–Crippen LogP) is 1.88. The van der Waals surface area contributed by atoms with Gasteiger partial charge in [0.05, 0.1) is 18.8 Å². The standard InChI is InChI=1S/C85H105N13O17S2/c1-50(2)87-46-58-29-27-57(28-30-58)44-66-79(108)97-73(51(3)100)83(112)94-67(43-56-22-12-7-13-23-56)80(109)98-74(52(4)101)84(113)95-69(47-99)81(110)96-71(85(114)115)49-117-116-48-70(88-72(103)38-34-53-32-36-62(102)37-33-53)82(111)89-63(26-16-17-39-86)75(104)90-64(41-54-18-8-5-9-19-54)76(105)91-65(42-55-20-10-6-11-21-55)77(106)93-68(78(107)92-66)45-59-31-35-60-24-14-15-25-61(60)40-59/h5-15,18-25,27-33,35-37,40,50-52,63-71,73-74,87,99-102H,16-17,26,34,38-39,41-49,86H2,1-4H3,(H,88,103)(H,89,111)(H,90,104)(H,91,105)(H,92,107)(H,93,106)(H,94,112)(H,95,113)(H,96,110)(H,97,108)(H,98,109)(H,114,115)/t51-,52-,63+,64?,65+,66?,67+,68?,69+,70?,71+,73?,74?/m1/s1. The summed E-state index contributed by atoms with van der Waals surface area (Å²) in [5, 5.41) is 87.4. The average Bonchev–Trinajstić information content (AvgIpc) is 0.835. The van der Waals surface area contributed by atoms with Crippen molar-refractivity contribution in [2.45, 2.75) is 183 Å². The van der Waals surface area contributed by atoms with Crippen LogP contribution in [0.15, 0.2) is 182 Å². The summed E-state index contributed by atoms with van der Waals surface area (Å²) in [6.07, 6.45) is -4.12. The number of carboxylic acid groups (broad SMARTS) is 1. The summed E-state index contributed by atoms with van der Waals surface area (Å²) >= 11 is 0. The first kappa shape index (κ1) is 91.3. The third-order valence-corrected chi connectivity index (χ3v) is 21.8. The zero-order valence-electron chi connectivity index (χ0n) is 65.5. The summed E-state index contributed by atoms with van der Waals surface area (Å²) in [7, 11) is 1.72. The van der Waals surface area contributed by atoms with Crippen molar-refractivity contribution in [1.82, 2.24) is 63.8 Å². The second-order valence-corrected chi connectivity index (χ2v) is 31.7. The van der Waals surface area contributed by atoms with Crippen LogP contribution in [0.5, 0.6) is 5.75 Å². The van der Waals surface area contributed by atoms with E-state index in [4.69, 9.17) is 5.73 Å². The van der Waals surface area contributed by atoms with Gasteiger partial charge in [-0.05, 0) is 108 Å². The lowest BCUT2D eigenvalue weighted by Crippen LogP contribution is -2.63. The number of nitrogens with one attached hydrogen (secondary N) is 12. The molecule has 1 aliphatic rings. The van der Waals surface area contributed by atoms with E-state index in [-0.39, 0.29) is 81.9 Å². The lowest BCUT2D eigenvalue weighted by atomic mass is 9.98. The molecule has 0 aliphatic carbocycles. The minimum Gasteiger partial charge on any atom is -0.508 e. The van der Waals surface area contributed by atoms with Gasteiger partial charge in [-0.3, -0.25) is 52.7 Å². The van der Waals surface area contributed by atoms with Crippen molar-refractivity contribution in [2.24, 2.45) is 5.73 Å². The maximum absolute atomic E-state index is 15.7. The summed E-state index contributed by atoms with van der Waals surface area (Å²) in [5.74, 6) is -13.2. The van der Waals surface area contributed by atoms with E-state index < -0.39 is 162 Å². The maximum Gasteiger partial charge on any atom is 0.327 e. The Morgan fingerprint density at radius 3 is 1.27 bits per heavy atom. The molecule has 13 atom stereocenters. The van der Waals surface area contributed by atoms with Crippen LogP contribution in [0.4, 0.5) is 0 Å². The molecular weight excluding hydrogens is 1540 g/mol. The molecule has 624 valence electrons. The van der Waals surface area contributed by atoms with Gasteiger partial charge in [-0.2, -0.15) is 0 Å². The Kier molecular flexibility index (Phi) is 36.3. The number of carbonyl (C=O) groups is 12. The SMILES string of the molecule is CC(C)NCc1ccc(CC2NC(=O)C(Cc3ccc4ccccc4c3)NC(=O)[C@H](Cc3ccccc3)NC(=O)C(Cc3ccccc3)NC(=O)[C@H](CCCCN)NC(=O)C(NC(=O)CCc3ccc(O)cc3)CSSC[C@@H](C(=O)O)NC(=O)[C@H](CO)NC(=O)C([C@@H](C)O)NC(=O)[C@H](Cc3ccccc3)NC(=O)C([C@@H](C)O)NC2=O)cc1. The van der Waals surface area contributed by atoms with Crippen LogP contribution in [0.2, 0.25) is 0 Å². The zero-order chi connectivity index (χ0) is 84.5. The fourth-order valence-electron chi connectivity index (χ4n) is 12.8. The van der Waals surface area contributed by atoms with Gasteiger partial charge in [-0.1, -0.05) is 205 Å². The number of amides is 11. The summed E-state index contributed by atoms with van der Waals surface area (Å²) in [6, 6.07) is 33.3. The summed E-state index contributed by atoms with van der Waals surface area (Å²) in [6.45, 7) is 5.78. The smallest absolute Gasteiger partial charge is 0.327 e. The predicted molar refractivity (Wildman–Crippen MR) is 444 cm³/mol. The summed E-state index contributed by atoms with van der Waals surface area (Å²) < 4.78 is 0. The molecule has 19 N–H and O–H groups in total. The molecule has 6 unspecified atom stereocenters. The van der Waals surface area contributed by atoms with Gasteiger partial charge in [-0.25, -0.2) is 4.79 Å². The molecule has 32 heteroatoms. The number of unbranched alkanes of at least 4 members (excludes halogenated alkanes) is 1. The molecule has 0 saturated carbocycles. The minimum atomic E-state index is -1.95. The normalized spacial score (nSPS) is 22.4. The number of aliphatic hydroxyl groups excluding tert-OH is 3. The quantitative estimate of drug-likeness (QED) is 0.0287. The van der Waals surface area contributed by atoms with Crippen LogP contribution in [0.25, 0.3) is 10.8 Å². The monoisotopic (exact) mass is 1640 g/mol. The molecule has 0 radical (unpaired) electrons. The Hall–Kier alpha value is -11.3. The molecule has 7 aromatic rings. The van der Waals surface area contributed by atoms with Crippen LogP contribution in [0, 0.1) is 0 Å². The van der Waals surface area contributed by atoms with E-state index in [2.05, 4.69) is 63.8 Å². The highest BCUT2D eigenvalue weighted by molar-refractivity contribution is 8.76. The molecule has 1 heterocycles. The second-order valence-electron chi connectivity index (χ2n) is 29.1. The number of aliphatic carboxylic acids is 1. The molecule has 30 nitrogen and oxygen atoms in total. The molecule has 0 aromatic heterocycles. The van der Waals surface area contributed by atoms with Gasteiger partial charge in [0.1, 0.15) is 72.2 Å². The van der Waals surface area contributed by atoms with Crippen molar-refractivity contribution in [2.75, 3.05) is 24.7 Å². The van der Waals surface area contributed by atoms with E-state index in [1.807, 2.05) is 62.4 Å². The van der Waals surface area contributed by atoms with E-state index in [1.54, 1.807) is 121 Å². The molecular formula is C85H105N13O17S2. The lowest BCUT2D eigenvalue weighted by Gasteiger charge is -2.29. The number of aromatic hydroxyl groups is 1. The van der Waals surface area contributed by atoms with Crippen LogP contribution in [0.1, 0.15) is 92.3 Å². The second kappa shape index (κ2) is 46.5. The topological polar surface area (TPSA) is 476 Å². The number of fused-ring (bicyclic) bond motifs is 1. The molecule has 1 fully saturated rings. The van der Waals surface area contributed by atoms with Crippen molar-refractivity contribution in [3.8, 4) is 5.75 Å². The van der Waals surface area contributed by atoms with Crippen LogP contribution in [-0.2, 0) is 103 Å². The van der Waals surface area contributed by atoms with Crippen LogP contribution >= 0.6 is 21.6 Å². The van der Waals surface area contributed by atoms with E-state index >= 15 is 24.0 Å². The van der Waals surface area contributed by atoms with Gasteiger partial charge >= 0.3 is 5.97 Å². The number of phenolic OH excluding ortho intramolecular Hbond substituents is 1. The van der Waals surface area contributed by atoms with Crippen LogP contribution < -0.4 is 69.5 Å². The molecule has 0 bridgehead atoms. The number of carboxylic acids is 1. The van der Waals surface area contributed by atoms with Gasteiger partial charge in [0.15, 0.2) is 0 Å². The molecule has 117 heavy (non-hydrogen) atoms. The van der Waals surface area contributed by atoms with Crippen LogP contribution in [-0.4, -0.2) is 206 Å². The first-order valence-corrected chi connectivity index (χ1v) is 41.3. The van der Waals surface area contributed by atoms with Gasteiger partial charge in [0.2, 0.25) is 65.0 Å². The van der Waals surface area contributed by atoms with Crippen LogP contribution in [0.3, 0.4) is 0 Å². The van der Waals surface area contributed by atoms with E-state index in [0.29, 0.717) is 46.3 Å². The number of phenols is 1. The van der Waals surface area contributed by atoms with Gasteiger partial charge in [-0.15, -0.1) is 0 Å². The molecule has 8 rings (SSSR count). The number of nitrogens with two attached hydrogens (primary N) is 1. The Balaban J connectivity index is 1.22. The van der Waals surface area contributed by atoms with Gasteiger partial charge < -0.3 is 95.1 Å². The number of rotatable bonds is 25. The number of benzene rings is 7. The average molecular weight is 1640 g/mol. The highest BCUT2D eigenvalue weighted by atomic mass is 33.1. The van der Waals surface area contributed by atoms with Gasteiger partial charge in [0, 0.05) is 62.6 Å². The minimum absolute atomic E-state index is 0.00990. The first-order valence-electron chi connectivity index (χ1n) is 38.8. The maximum atomic E-state index is 15.7. The highest BCUT2D eigenvalue weighted by Gasteiger charge is 2.39. The third-order valence-electron chi connectivity index (χ3n) is 19.4. The first-order chi connectivity index (χ1) is 56.1. The fraction of sp³-hybridized carbons (Fsp3) is 0.388. The highest BCUT2D eigenvalue weighted by Crippen LogP contribution is 2.25. The Morgan fingerprint density at radius 1 is 0.427 bits per heavy atom. The number of hydrogen-bond donors (Lipinski definition) is 18. The van der Waals surface area contributed by atoms with Crippen molar-refractivity contribution in [3.63, 3.8) is 0 Å². The Bertz CT molecular complexity index is 4480. The third kappa shape index (κ3) is 29.8. The molecule has 0 spiro atoms. The Morgan fingerprint density at radius 2 is 0.812 bits per heavy atom. The number of carbonyl (C=O) groups excluding carboxylic acids is 11. The number of aliphatic hydroxyl groups is 3. The van der Waals surface area contributed by atoms with Crippen molar-refractivity contribution in [3.05, 3.63) is 221 Å². The summed E-state index contributed by atoms with van der Waals surface area (Å²) in [5.41, 5.74) is 10.1. The zero-order valence-corrected chi connectivity index (χ0v) is 67.2. The number of hydrogen-bond acceptors (Lipinski definition) is 20. The van der Waals surface area contributed by atoms with Crippen molar-refractivity contribution < 1.29 is 83.1 Å². The largest absolute Gasteiger partial charge is 0.508 e. The lowest BCUT2D eigenvalue weighted by molar-refractivity contribution is -0.142. The van der Waals surface area contributed by atoms with E-state index in [1.165, 1.54) is 19.1 Å². The fourth-order valence-corrected chi connectivity index (χ4v) is 15.1. The molecule has 1 saturated heterocycles. The van der Waals surface area contributed by atoms with E-state index in [9.17, 15) is 59.1 Å². The van der Waals surface area contributed by atoms with Crippen molar-refractivity contribution in [1.29, 1.82) is 0 Å². The van der Waals surface area contributed by atoms with Gasteiger partial charge in [0.25, 0.3) is 0 Å². The number of aryl methyl sites for hydroxylation is 1. The molecule has 7 aromatic carbocycles. The molecule has 11 amide bonds.